The lowest BCUT2D eigenvalue weighted by molar-refractivity contribution is -0.132. The topological polar surface area (TPSA) is 57.6 Å². The highest BCUT2D eigenvalue weighted by Crippen LogP contribution is 2.42. The summed E-state index contributed by atoms with van der Waals surface area (Å²) < 4.78 is 0.869. The van der Waals surface area contributed by atoms with Gasteiger partial charge in [-0.15, -0.1) is 0 Å². The predicted octanol–water partition coefficient (Wildman–Crippen LogP) is 5.08. The molecule has 0 bridgehead atoms. The van der Waals surface area contributed by atoms with E-state index in [0.29, 0.717) is 11.3 Å². The third-order valence-corrected chi connectivity index (χ3v) is 5.24. The van der Waals surface area contributed by atoms with Crippen LogP contribution in [0.1, 0.15) is 17.2 Å². The van der Waals surface area contributed by atoms with Crippen LogP contribution in [-0.2, 0) is 9.59 Å². The van der Waals surface area contributed by atoms with E-state index in [9.17, 15) is 14.7 Å². The predicted molar refractivity (Wildman–Crippen MR) is 112 cm³/mol. The van der Waals surface area contributed by atoms with Crippen molar-refractivity contribution in [3.8, 4) is 0 Å². The molecule has 3 aromatic carbocycles. The molecule has 5 heteroatoms. The molecule has 3 aromatic rings. The van der Waals surface area contributed by atoms with Crippen molar-refractivity contribution in [1.82, 2.24) is 0 Å². The van der Waals surface area contributed by atoms with Crippen LogP contribution in [0.2, 0.25) is 0 Å². The van der Waals surface area contributed by atoms with Crippen molar-refractivity contribution in [2.75, 3.05) is 4.90 Å². The first-order chi connectivity index (χ1) is 13.6. The lowest BCUT2D eigenvalue weighted by Gasteiger charge is -2.25. The minimum atomic E-state index is -0.706. The fraction of sp³-hybridized carbons (Fsp3) is 0.0435. The second-order valence-corrected chi connectivity index (χ2v) is 7.34. The largest absolute Gasteiger partial charge is 0.507 e. The number of amides is 1. The van der Waals surface area contributed by atoms with Crippen LogP contribution in [-0.4, -0.2) is 16.8 Å². The van der Waals surface area contributed by atoms with Gasteiger partial charge in [0.05, 0.1) is 11.6 Å². The average molecular weight is 434 g/mol. The summed E-state index contributed by atoms with van der Waals surface area (Å²) in [6, 6.07) is 24.5. The molecular formula is C23H16BrNO3. The standard InChI is InChI=1S/C23H16BrNO3/c24-17-11-13-18(14-12-17)25-20(15-7-3-1-4-8-15)19(22(27)23(25)28)21(26)16-9-5-2-6-10-16/h1-14,20,26H/b21-19+. The molecule has 138 valence electrons. The quantitative estimate of drug-likeness (QED) is 0.356. The lowest BCUT2D eigenvalue weighted by Crippen LogP contribution is -2.29. The number of hydrogen-bond donors (Lipinski definition) is 1. The number of anilines is 1. The molecule has 4 nitrogen and oxygen atoms in total. The molecule has 1 fully saturated rings. The van der Waals surface area contributed by atoms with E-state index in [1.54, 1.807) is 36.4 Å². The number of carbonyl (C=O) groups excluding carboxylic acids is 2. The number of hydrogen-bond acceptors (Lipinski definition) is 3. The molecule has 0 aromatic heterocycles. The van der Waals surface area contributed by atoms with Crippen LogP contribution in [0.25, 0.3) is 5.76 Å². The van der Waals surface area contributed by atoms with Crippen molar-refractivity contribution >= 4 is 39.1 Å². The number of aliphatic hydroxyl groups excluding tert-OH is 1. The first-order valence-corrected chi connectivity index (χ1v) is 9.54. The van der Waals surface area contributed by atoms with Gasteiger partial charge in [-0.25, -0.2) is 0 Å². The van der Waals surface area contributed by atoms with Gasteiger partial charge in [0, 0.05) is 15.7 Å². The summed E-state index contributed by atoms with van der Waals surface area (Å²) in [5, 5.41) is 10.9. The Morgan fingerprint density at radius 3 is 2.00 bits per heavy atom. The average Bonchev–Trinajstić information content (AvgIpc) is 3.00. The minimum Gasteiger partial charge on any atom is -0.507 e. The Morgan fingerprint density at radius 1 is 0.821 bits per heavy atom. The van der Waals surface area contributed by atoms with Gasteiger partial charge in [-0.2, -0.15) is 0 Å². The highest BCUT2D eigenvalue weighted by Gasteiger charge is 2.46. The molecule has 0 spiro atoms. The van der Waals surface area contributed by atoms with Gasteiger partial charge < -0.3 is 5.11 Å². The van der Waals surface area contributed by atoms with Crippen LogP contribution < -0.4 is 4.90 Å². The van der Waals surface area contributed by atoms with Crippen molar-refractivity contribution in [2.24, 2.45) is 0 Å². The van der Waals surface area contributed by atoms with Crippen LogP contribution in [0.4, 0.5) is 5.69 Å². The maximum absolute atomic E-state index is 12.9. The van der Waals surface area contributed by atoms with E-state index >= 15 is 0 Å². The number of rotatable bonds is 3. The molecule has 1 N–H and O–H groups in total. The Balaban J connectivity index is 1.94. The summed E-state index contributed by atoms with van der Waals surface area (Å²) in [7, 11) is 0. The van der Waals surface area contributed by atoms with Gasteiger partial charge in [0.2, 0.25) is 0 Å². The van der Waals surface area contributed by atoms with Gasteiger partial charge in [0.1, 0.15) is 5.76 Å². The molecule has 1 atom stereocenters. The Kier molecular flexibility index (Phi) is 4.84. The Hall–Kier alpha value is -3.18. The van der Waals surface area contributed by atoms with Crippen LogP contribution >= 0.6 is 15.9 Å². The number of carbonyl (C=O) groups is 2. The number of aliphatic hydroxyl groups is 1. The molecule has 1 heterocycles. The molecule has 28 heavy (non-hydrogen) atoms. The van der Waals surface area contributed by atoms with Gasteiger partial charge in [0.15, 0.2) is 0 Å². The number of halogens is 1. The smallest absolute Gasteiger partial charge is 0.300 e. The van der Waals surface area contributed by atoms with E-state index in [4.69, 9.17) is 0 Å². The normalized spacial score (nSPS) is 18.5. The zero-order valence-electron chi connectivity index (χ0n) is 14.7. The first kappa shape index (κ1) is 18.2. The van der Waals surface area contributed by atoms with Crippen LogP contribution in [0.3, 0.4) is 0 Å². The van der Waals surface area contributed by atoms with Crippen molar-refractivity contribution < 1.29 is 14.7 Å². The molecule has 1 aliphatic rings. The highest BCUT2D eigenvalue weighted by atomic mass is 79.9. The number of benzene rings is 3. The highest BCUT2D eigenvalue weighted by molar-refractivity contribution is 9.10. The summed E-state index contributed by atoms with van der Waals surface area (Å²) >= 11 is 3.39. The van der Waals surface area contributed by atoms with Gasteiger partial charge in [-0.3, -0.25) is 14.5 Å². The van der Waals surface area contributed by atoms with Gasteiger partial charge in [-0.05, 0) is 29.8 Å². The summed E-state index contributed by atoms with van der Waals surface area (Å²) in [4.78, 5) is 27.3. The molecule has 0 radical (unpaired) electrons. The molecule has 1 amide bonds. The Labute approximate surface area is 170 Å². The van der Waals surface area contributed by atoms with E-state index in [-0.39, 0.29) is 11.3 Å². The molecule has 1 saturated heterocycles. The van der Waals surface area contributed by atoms with Crippen molar-refractivity contribution in [3.63, 3.8) is 0 Å². The summed E-state index contributed by atoms with van der Waals surface area (Å²) in [6.07, 6.45) is 0. The molecular weight excluding hydrogens is 418 g/mol. The van der Waals surface area contributed by atoms with Crippen molar-refractivity contribution in [1.29, 1.82) is 0 Å². The van der Waals surface area contributed by atoms with E-state index in [1.165, 1.54) is 4.90 Å². The fourth-order valence-electron chi connectivity index (χ4n) is 3.40. The molecule has 1 unspecified atom stereocenters. The number of Topliss-reactive ketones (excluding diaryl/α,β-unsaturated/α-hetero) is 1. The Bertz CT molecular complexity index is 1060. The third-order valence-electron chi connectivity index (χ3n) is 4.71. The summed E-state index contributed by atoms with van der Waals surface area (Å²) in [5.74, 6) is -1.53. The monoisotopic (exact) mass is 433 g/mol. The van der Waals surface area contributed by atoms with E-state index in [2.05, 4.69) is 15.9 Å². The first-order valence-electron chi connectivity index (χ1n) is 8.75. The van der Waals surface area contributed by atoms with Crippen LogP contribution in [0.5, 0.6) is 0 Å². The number of nitrogens with zero attached hydrogens (tertiary/aromatic N) is 1. The maximum Gasteiger partial charge on any atom is 0.300 e. The number of ketones is 1. The SMILES string of the molecule is O=C1C(=O)N(c2ccc(Br)cc2)C(c2ccccc2)/C1=C(\O)c1ccccc1. The molecule has 0 saturated carbocycles. The molecule has 0 aliphatic carbocycles. The Morgan fingerprint density at radius 2 is 1.39 bits per heavy atom. The zero-order valence-corrected chi connectivity index (χ0v) is 16.3. The van der Waals surface area contributed by atoms with E-state index in [0.717, 1.165) is 10.0 Å². The van der Waals surface area contributed by atoms with Crippen LogP contribution in [0, 0.1) is 0 Å². The zero-order chi connectivity index (χ0) is 19.7. The van der Waals surface area contributed by atoms with Crippen molar-refractivity contribution in [2.45, 2.75) is 6.04 Å². The second kappa shape index (κ2) is 7.44. The van der Waals surface area contributed by atoms with Crippen LogP contribution in [0.15, 0.2) is 95.0 Å². The minimum absolute atomic E-state index is 0.0883. The van der Waals surface area contributed by atoms with E-state index in [1.807, 2.05) is 48.5 Å². The molecule has 4 rings (SSSR count). The van der Waals surface area contributed by atoms with Gasteiger partial charge in [-0.1, -0.05) is 76.6 Å². The lowest BCUT2D eigenvalue weighted by atomic mass is 9.95. The van der Waals surface area contributed by atoms with Crippen molar-refractivity contribution in [3.05, 3.63) is 106 Å². The van der Waals surface area contributed by atoms with E-state index < -0.39 is 17.7 Å². The van der Waals surface area contributed by atoms with Gasteiger partial charge in [0.25, 0.3) is 11.7 Å². The summed E-state index contributed by atoms with van der Waals surface area (Å²) in [5.41, 5.74) is 1.93. The fourth-order valence-corrected chi connectivity index (χ4v) is 3.67. The second-order valence-electron chi connectivity index (χ2n) is 6.42. The summed E-state index contributed by atoms with van der Waals surface area (Å²) in [6.45, 7) is 0. The third kappa shape index (κ3) is 3.14. The van der Waals surface area contributed by atoms with Gasteiger partial charge >= 0.3 is 0 Å². The molecule has 1 aliphatic heterocycles. The maximum atomic E-state index is 12.9.